The number of nitrogens with zero attached hydrogens (tertiary/aromatic N) is 4. The third-order valence-corrected chi connectivity index (χ3v) is 7.73. The first-order chi connectivity index (χ1) is 19.0. The maximum absolute atomic E-state index is 13.2. The fourth-order valence-electron chi connectivity index (χ4n) is 4.14. The van der Waals surface area contributed by atoms with Gasteiger partial charge in [-0.3, -0.25) is 9.59 Å². The van der Waals surface area contributed by atoms with Crippen molar-refractivity contribution in [2.24, 2.45) is 0 Å². The lowest BCUT2D eigenvalue weighted by molar-refractivity contribution is -0.0885. The Labute approximate surface area is 240 Å². The summed E-state index contributed by atoms with van der Waals surface area (Å²) in [7, 11) is 0. The average molecular weight is 597 g/mol. The molecule has 0 bridgehead atoms. The van der Waals surface area contributed by atoms with Gasteiger partial charge in [0.1, 0.15) is 21.9 Å². The van der Waals surface area contributed by atoms with Gasteiger partial charge in [-0.2, -0.15) is 13.2 Å². The van der Waals surface area contributed by atoms with Crippen molar-refractivity contribution in [2.75, 3.05) is 19.6 Å². The van der Waals surface area contributed by atoms with Crippen LogP contribution in [0.3, 0.4) is 0 Å². The summed E-state index contributed by atoms with van der Waals surface area (Å²) < 4.78 is 39.7. The molecule has 0 aliphatic carbocycles. The number of halogens is 4. The number of carbonyl (C=O) groups is 2. The summed E-state index contributed by atoms with van der Waals surface area (Å²) in [5.74, 6) is -1.05. The van der Waals surface area contributed by atoms with Crippen molar-refractivity contribution in [1.82, 2.24) is 30.5 Å². The molecule has 1 unspecified atom stereocenters. The minimum atomic E-state index is -4.72. The van der Waals surface area contributed by atoms with Crippen molar-refractivity contribution in [3.05, 3.63) is 74.9 Å². The Balaban J connectivity index is 1.57. The standard InChI is InChI=1S/C27H32ClF3N6O2S/c1-4-21(28)20(27(29,30)31)13-17(2)35-25(39)23-15-32-26(40-23)18(3)36-24(38)22-14-19(33-16-34-22)9-8-12-37-10-6-5-7-11-37/h4,13-16,18H,1,5-12H2,2-3H3,(H,35,39)(H,36,38)/b17-13+,21-20-. The maximum Gasteiger partial charge on any atom is 0.417 e. The first kappa shape index (κ1) is 31.4. The number of aromatic nitrogens is 3. The van der Waals surface area contributed by atoms with Crippen LogP contribution in [-0.2, 0) is 6.42 Å². The van der Waals surface area contributed by atoms with Crippen LogP contribution in [0.15, 0.2) is 53.6 Å². The van der Waals surface area contributed by atoms with Crippen LogP contribution in [0.4, 0.5) is 13.2 Å². The first-order valence-electron chi connectivity index (χ1n) is 12.9. The quantitative estimate of drug-likeness (QED) is 0.322. The highest BCUT2D eigenvalue weighted by Crippen LogP contribution is 2.32. The van der Waals surface area contributed by atoms with Gasteiger partial charge >= 0.3 is 6.18 Å². The lowest BCUT2D eigenvalue weighted by atomic mass is 10.1. The van der Waals surface area contributed by atoms with Crippen molar-refractivity contribution in [2.45, 2.75) is 58.2 Å². The second-order valence-electron chi connectivity index (χ2n) is 9.40. The van der Waals surface area contributed by atoms with Crippen LogP contribution in [0.2, 0.25) is 0 Å². The smallest absolute Gasteiger partial charge is 0.342 e. The molecule has 216 valence electrons. The minimum absolute atomic E-state index is 0.0656. The Bertz CT molecular complexity index is 1270. The molecule has 3 rings (SSSR count). The molecule has 2 aromatic heterocycles. The van der Waals surface area contributed by atoms with Gasteiger partial charge in [-0.25, -0.2) is 15.0 Å². The van der Waals surface area contributed by atoms with E-state index in [1.165, 1.54) is 38.7 Å². The van der Waals surface area contributed by atoms with Gasteiger partial charge in [-0.1, -0.05) is 30.7 Å². The van der Waals surface area contributed by atoms with Gasteiger partial charge in [-0.05, 0) is 71.3 Å². The molecule has 2 N–H and O–H groups in total. The molecule has 1 fully saturated rings. The van der Waals surface area contributed by atoms with Gasteiger partial charge in [0.05, 0.1) is 22.8 Å². The van der Waals surface area contributed by atoms with Gasteiger partial charge in [0.2, 0.25) is 0 Å². The number of likely N-dealkylation sites (tertiary alicyclic amines) is 1. The predicted molar refractivity (Wildman–Crippen MR) is 149 cm³/mol. The van der Waals surface area contributed by atoms with Crippen LogP contribution >= 0.6 is 22.9 Å². The van der Waals surface area contributed by atoms with E-state index in [1.807, 2.05) is 0 Å². The van der Waals surface area contributed by atoms with E-state index in [0.717, 1.165) is 61.7 Å². The summed E-state index contributed by atoms with van der Waals surface area (Å²) in [4.78, 5) is 40.6. The highest BCUT2D eigenvalue weighted by molar-refractivity contribution is 7.13. The van der Waals surface area contributed by atoms with Gasteiger partial charge in [-0.15, -0.1) is 11.3 Å². The monoisotopic (exact) mass is 596 g/mol. The van der Waals surface area contributed by atoms with Crippen LogP contribution in [-0.4, -0.2) is 57.5 Å². The topological polar surface area (TPSA) is 100 Å². The number of carbonyl (C=O) groups excluding carboxylic acids is 2. The molecular weight excluding hydrogens is 565 g/mol. The molecule has 0 saturated carbocycles. The third-order valence-electron chi connectivity index (χ3n) is 6.19. The molecule has 1 atom stereocenters. The maximum atomic E-state index is 13.2. The summed E-state index contributed by atoms with van der Waals surface area (Å²) in [6.45, 7) is 9.54. The Morgan fingerprint density at radius 3 is 2.60 bits per heavy atom. The molecule has 0 radical (unpaired) electrons. The van der Waals surface area contributed by atoms with E-state index in [-0.39, 0.29) is 16.3 Å². The largest absolute Gasteiger partial charge is 0.417 e. The summed E-state index contributed by atoms with van der Waals surface area (Å²) in [6.07, 6.45) is 5.02. The molecule has 1 aliphatic rings. The number of rotatable bonds is 11. The zero-order chi connectivity index (χ0) is 29.3. The molecule has 2 aromatic rings. The SMILES string of the molecule is C=C/C(Cl)=C(\C=C(/C)NC(=O)c1cnc(C(C)NC(=O)c2cc(CCCN3CCCCC3)ncn2)s1)C(F)(F)F. The number of nitrogens with one attached hydrogen (secondary N) is 2. The minimum Gasteiger partial charge on any atom is -0.342 e. The zero-order valence-corrected chi connectivity index (χ0v) is 23.9. The number of piperidine rings is 1. The van der Waals surface area contributed by atoms with E-state index >= 15 is 0 Å². The van der Waals surface area contributed by atoms with Crippen molar-refractivity contribution in [3.63, 3.8) is 0 Å². The Morgan fingerprint density at radius 1 is 1.20 bits per heavy atom. The molecule has 13 heteroatoms. The molecule has 1 aliphatic heterocycles. The number of aryl methyl sites for hydroxylation is 1. The van der Waals surface area contributed by atoms with Crippen LogP contribution in [0.5, 0.6) is 0 Å². The first-order valence-corrected chi connectivity index (χ1v) is 14.1. The molecule has 40 heavy (non-hydrogen) atoms. The average Bonchev–Trinajstić information content (AvgIpc) is 3.42. The number of thiazole rings is 1. The molecule has 1 saturated heterocycles. The highest BCUT2D eigenvalue weighted by atomic mass is 35.5. The summed E-state index contributed by atoms with van der Waals surface area (Å²) in [5.41, 5.74) is -0.168. The van der Waals surface area contributed by atoms with Gasteiger partial charge in [0.25, 0.3) is 11.8 Å². The number of alkyl halides is 3. The van der Waals surface area contributed by atoms with E-state index in [4.69, 9.17) is 11.6 Å². The summed E-state index contributed by atoms with van der Waals surface area (Å²) in [5, 5.41) is 5.07. The van der Waals surface area contributed by atoms with Crippen LogP contribution < -0.4 is 10.6 Å². The molecule has 3 heterocycles. The van der Waals surface area contributed by atoms with Crippen LogP contribution in [0.1, 0.15) is 76.4 Å². The van der Waals surface area contributed by atoms with E-state index in [2.05, 4.69) is 37.1 Å². The fourth-order valence-corrected chi connectivity index (χ4v) is 5.12. The zero-order valence-electron chi connectivity index (χ0n) is 22.4. The van der Waals surface area contributed by atoms with Gasteiger partial charge in [0.15, 0.2) is 0 Å². The molecule has 0 spiro atoms. The van der Waals surface area contributed by atoms with E-state index in [9.17, 15) is 22.8 Å². The van der Waals surface area contributed by atoms with Crippen molar-refractivity contribution in [1.29, 1.82) is 0 Å². The van der Waals surface area contributed by atoms with Crippen molar-refractivity contribution < 1.29 is 22.8 Å². The van der Waals surface area contributed by atoms with E-state index < -0.39 is 34.6 Å². The van der Waals surface area contributed by atoms with Crippen LogP contribution in [0, 0.1) is 0 Å². The number of hydrogen-bond acceptors (Lipinski definition) is 7. The third kappa shape index (κ3) is 9.24. The second-order valence-corrected chi connectivity index (χ2v) is 10.9. The Hall–Kier alpha value is -3.09. The van der Waals surface area contributed by atoms with Crippen molar-refractivity contribution in [3.8, 4) is 0 Å². The Morgan fingerprint density at radius 2 is 1.93 bits per heavy atom. The number of amides is 2. The fraction of sp³-hybridized carbons (Fsp3) is 0.444. The molecule has 8 nitrogen and oxygen atoms in total. The normalized spacial score (nSPS) is 16.2. The second kappa shape index (κ2) is 14.5. The summed E-state index contributed by atoms with van der Waals surface area (Å²) in [6, 6.07) is 1.13. The lowest BCUT2D eigenvalue weighted by Crippen LogP contribution is -2.30. The van der Waals surface area contributed by atoms with Crippen molar-refractivity contribution >= 4 is 34.8 Å². The van der Waals surface area contributed by atoms with E-state index in [0.29, 0.717) is 5.01 Å². The Kier molecular flexibility index (Phi) is 11.4. The molecule has 0 aromatic carbocycles. The van der Waals surface area contributed by atoms with Gasteiger partial charge < -0.3 is 15.5 Å². The molecule has 2 amide bonds. The molecular formula is C27H32ClF3N6O2S. The highest BCUT2D eigenvalue weighted by Gasteiger charge is 2.34. The summed E-state index contributed by atoms with van der Waals surface area (Å²) >= 11 is 6.64. The number of hydrogen-bond donors (Lipinski definition) is 2. The van der Waals surface area contributed by atoms with E-state index in [1.54, 1.807) is 13.0 Å². The predicted octanol–water partition coefficient (Wildman–Crippen LogP) is 5.72. The van der Waals surface area contributed by atoms with Gasteiger partial charge in [0, 0.05) is 11.4 Å². The lowest BCUT2D eigenvalue weighted by Gasteiger charge is -2.26. The number of allylic oxidation sites excluding steroid dienone is 5. The van der Waals surface area contributed by atoms with Crippen LogP contribution in [0.25, 0.3) is 0 Å².